The molecule has 0 aliphatic carbocycles. The molecule has 0 aliphatic heterocycles. The van der Waals surface area contributed by atoms with Crippen LogP contribution in [0, 0.1) is 11.6 Å². The van der Waals surface area contributed by atoms with E-state index in [-0.39, 0.29) is 0 Å². The molecule has 1 aromatic carbocycles. The molecule has 106 valence electrons. The number of ether oxygens (including phenoxy) is 1. The summed E-state index contributed by atoms with van der Waals surface area (Å²) < 4.78 is 53.8. The molecule has 1 amide bonds. The lowest BCUT2D eigenvalue weighted by Crippen LogP contribution is -2.34. The number of carbonyl (C=O) groups is 1. The second-order valence-corrected chi connectivity index (χ2v) is 6.04. The Labute approximate surface area is 112 Å². The molecule has 19 heavy (non-hydrogen) atoms. The van der Waals surface area contributed by atoms with Gasteiger partial charge in [-0.25, -0.2) is 12.8 Å². The summed E-state index contributed by atoms with van der Waals surface area (Å²) in [6.45, 7) is 1.32. The molecular formula is C10H10ClF2NO4S. The van der Waals surface area contributed by atoms with Crippen molar-refractivity contribution in [3.05, 3.63) is 23.8 Å². The first-order valence-electron chi connectivity index (χ1n) is 4.99. The van der Waals surface area contributed by atoms with Crippen LogP contribution < -0.4 is 10.1 Å². The van der Waals surface area contributed by atoms with Gasteiger partial charge in [0.05, 0.1) is 0 Å². The molecule has 0 aromatic heterocycles. The van der Waals surface area contributed by atoms with Gasteiger partial charge < -0.3 is 10.1 Å². The Morgan fingerprint density at radius 1 is 1.37 bits per heavy atom. The SMILES string of the molecule is CNC(=O)C(C)Oc1ccc(S(=O)(=O)Cl)c(F)c1F. The smallest absolute Gasteiger partial charge is 0.264 e. The van der Waals surface area contributed by atoms with Gasteiger partial charge in [0.1, 0.15) is 4.90 Å². The lowest BCUT2D eigenvalue weighted by atomic mass is 10.3. The molecule has 0 saturated carbocycles. The fraction of sp³-hybridized carbons (Fsp3) is 0.300. The summed E-state index contributed by atoms with van der Waals surface area (Å²) >= 11 is 0. The Morgan fingerprint density at radius 3 is 2.42 bits per heavy atom. The van der Waals surface area contributed by atoms with Crippen molar-refractivity contribution in [2.75, 3.05) is 7.05 Å². The second kappa shape index (κ2) is 5.70. The van der Waals surface area contributed by atoms with Gasteiger partial charge in [0.25, 0.3) is 15.0 Å². The maximum atomic E-state index is 13.6. The third-order valence-electron chi connectivity index (χ3n) is 2.19. The summed E-state index contributed by atoms with van der Waals surface area (Å²) in [5, 5.41) is 2.26. The van der Waals surface area contributed by atoms with Gasteiger partial charge in [-0.3, -0.25) is 4.79 Å². The van der Waals surface area contributed by atoms with Crippen LogP contribution in [-0.4, -0.2) is 27.5 Å². The Bertz CT molecular complexity index is 606. The molecule has 9 heteroatoms. The number of nitrogens with one attached hydrogen (secondary N) is 1. The van der Waals surface area contributed by atoms with Crippen molar-refractivity contribution in [1.29, 1.82) is 0 Å². The number of likely N-dealkylation sites (N-methyl/N-ethyl adjacent to an activating group) is 1. The minimum Gasteiger partial charge on any atom is -0.478 e. The second-order valence-electron chi connectivity index (χ2n) is 3.50. The van der Waals surface area contributed by atoms with Gasteiger partial charge in [0, 0.05) is 17.7 Å². The van der Waals surface area contributed by atoms with E-state index in [1.54, 1.807) is 0 Å². The summed E-state index contributed by atoms with van der Waals surface area (Å²) in [6.07, 6.45) is -1.07. The van der Waals surface area contributed by atoms with Crippen LogP contribution in [0.5, 0.6) is 5.75 Å². The first-order valence-corrected chi connectivity index (χ1v) is 7.30. The molecule has 5 nitrogen and oxygen atoms in total. The summed E-state index contributed by atoms with van der Waals surface area (Å²) in [5.41, 5.74) is 0. The van der Waals surface area contributed by atoms with Crippen LogP contribution in [0.4, 0.5) is 8.78 Å². The minimum absolute atomic E-state index is 0.547. The first-order chi connectivity index (χ1) is 8.68. The van der Waals surface area contributed by atoms with Crippen molar-refractivity contribution in [3.8, 4) is 5.75 Å². The maximum Gasteiger partial charge on any atom is 0.264 e. The molecule has 0 bridgehead atoms. The van der Waals surface area contributed by atoms with Gasteiger partial charge in [-0.05, 0) is 19.1 Å². The van der Waals surface area contributed by atoms with E-state index in [2.05, 4.69) is 5.32 Å². The van der Waals surface area contributed by atoms with Crippen LogP contribution >= 0.6 is 10.7 Å². The molecule has 1 rings (SSSR count). The molecule has 0 fully saturated rings. The van der Waals surface area contributed by atoms with Crippen molar-refractivity contribution in [3.63, 3.8) is 0 Å². The predicted molar refractivity (Wildman–Crippen MR) is 63.6 cm³/mol. The van der Waals surface area contributed by atoms with E-state index in [9.17, 15) is 22.0 Å². The predicted octanol–water partition coefficient (Wildman–Crippen LogP) is 1.41. The monoisotopic (exact) mass is 313 g/mol. The van der Waals surface area contributed by atoms with Crippen LogP contribution in [0.3, 0.4) is 0 Å². The average Bonchev–Trinajstić information content (AvgIpc) is 2.32. The number of hydrogen-bond acceptors (Lipinski definition) is 4. The number of rotatable bonds is 4. The first kappa shape index (κ1) is 15.6. The fourth-order valence-electron chi connectivity index (χ4n) is 1.24. The summed E-state index contributed by atoms with van der Waals surface area (Å²) in [6, 6.07) is 1.64. The van der Waals surface area contributed by atoms with Gasteiger partial charge in [-0.2, -0.15) is 4.39 Å². The topological polar surface area (TPSA) is 72.5 Å². The summed E-state index contributed by atoms with van der Waals surface area (Å²) in [7, 11) is 1.88. The van der Waals surface area contributed by atoms with Crippen molar-refractivity contribution < 1.29 is 26.7 Å². The van der Waals surface area contributed by atoms with Gasteiger partial charge >= 0.3 is 0 Å². The van der Waals surface area contributed by atoms with Crippen LogP contribution in [0.15, 0.2) is 17.0 Å². The lowest BCUT2D eigenvalue weighted by molar-refractivity contribution is -0.126. The molecule has 0 heterocycles. The minimum atomic E-state index is -4.40. The van der Waals surface area contributed by atoms with E-state index in [4.69, 9.17) is 15.4 Å². The molecule has 0 saturated heterocycles. The van der Waals surface area contributed by atoms with Gasteiger partial charge in [-0.1, -0.05) is 0 Å². The molecule has 0 radical (unpaired) electrons. The highest BCUT2D eigenvalue weighted by atomic mass is 35.7. The Morgan fingerprint density at radius 2 is 1.95 bits per heavy atom. The zero-order chi connectivity index (χ0) is 14.8. The number of hydrogen-bond donors (Lipinski definition) is 1. The van der Waals surface area contributed by atoms with E-state index < -0.39 is 43.3 Å². The van der Waals surface area contributed by atoms with E-state index >= 15 is 0 Å². The molecule has 1 aromatic rings. The molecular weight excluding hydrogens is 304 g/mol. The lowest BCUT2D eigenvalue weighted by Gasteiger charge is -2.14. The molecule has 0 spiro atoms. The average molecular weight is 314 g/mol. The highest BCUT2D eigenvalue weighted by Crippen LogP contribution is 2.28. The molecule has 1 atom stereocenters. The van der Waals surface area contributed by atoms with E-state index in [0.717, 1.165) is 12.1 Å². The van der Waals surface area contributed by atoms with Crippen LogP contribution in [-0.2, 0) is 13.8 Å². The Kier molecular flexibility index (Phi) is 4.70. The summed E-state index contributed by atoms with van der Waals surface area (Å²) in [5.74, 6) is -4.32. The van der Waals surface area contributed by atoms with E-state index in [0.29, 0.717) is 0 Å². The zero-order valence-electron chi connectivity index (χ0n) is 9.91. The standard InChI is InChI=1S/C10H10ClF2NO4S/c1-5(10(15)14-2)18-6-3-4-7(19(11,16)17)9(13)8(6)12/h3-5H,1-2H3,(H,14,15). The van der Waals surface area contributed by atoms with Gasteiger partial charge in [0.2, 0.25) is 5.82 Å². The van der Waals surface area contributed by atoms with Crippen molar-refractivity contribution in [1.82, 2.24) is 5.32 Å². The van der Waals surface area contributed by atoms with Crippen molar-refractivity contribution in [2.45, 2.75) is 17.9 Å². The third kappa shape index (κ3) is 3.54. The highest BCUT2D eigenvalue weighted by molar-refractivity contribution is 8.13. The van der Waals surface area contributed by atoms with Crippen LogP contribution in [0.2, 0.25) is 0 Å². The molecule has 1 unspecified atom stereocenters. The van der Waals surface area contributed by atoms with Gasteiger partial charge in [0.15, 0.2) is 17.7 Å². The number of carbonyl (C=O) groups excluding carboxylic acids is 1. The van der Waals surface area contributed by atoms with Crippen molar-refractivity contribution in [2.24, 2.45) is 0 Å². The van der Waals surface area contributed by atoms with E-state index in [1.807, 2.05) is 0 Å². The Hall–Kier alpha value is -1.41. The van der Waals surface area contributed by atoms with Crippen molar-refractivity contribution >= 4 is 25.6 Å². The summed E-state index contributed by atoms with van der Waals surface area (Å²) in [4.78, 5) is 10.2. The van der Waals surface area contributed by atoms with Crippen LogP contribution in [0.1, 0.15) is 6.92 Å². The van der Waals surface area contributed by atoms with E-state index in [1.165, 1.54) is 14.0 Å². The molecule has 1 N–H and O–H groups in total. The fourth-order valence-corrected chi connectivity index (χ4v) is 2.13. The largest absolute Gasteiger partial charge is 0.478 e. The normalized spacial score (nSPS) is 12.9. The number of amides is 1. The Balaban J connectivity index is 3.14. The van der Waals surface area contributed by atoms with Gasteiger partial charge in [-0.15, -0.1) is 0 Å². The highest BCUT2D eigenvalue weighted by Gasteiger charge is 2.24. The quantitative estimate of drug-likeness (QED) is 0.853. The van der Waals surface area contributed by atoms with Crippen LogP contribution in [0.25, 0.3) is 0 Å². The maximum absolute atomic E-state index is 13.6. The third-order valence-corrected chi connectivity index (χ3v) is 3.53. The molecule has 0 aliphatic rings. The number of halogens is 3. The zero-order valence-corrected chi connectivity index (χ0v) is 11.5. The number of benzene rings is 1.